The van der Waals surface area contributed by atoms with E-state index in [0.717, 1.165) is 63.1 Å². The van der Waals surface area contributed by atoms with Crippen LogP contribution in [0.5, 0.6) is 0 Å². The van der Waals surface area contributed by atoms with E-state index in [1.165, 1.54) is 0 Å². The van der Waals surface area contributed by atoms with E-state index in [1.54, 1.807) is 0 Å². The number of rotatable bonds is 3. The van der Waals surface area contributed by atoms with Gasteiger partial charge >= 0.3 is 6.03 Å². The molecule has 1 aromatic carbocycles. The standard InChI is InChI=1S/C21H28N4O3/c1-15-4-3-5-17(14-15)18-23-19(28-24-18)16(2)22-20(26)25-10-6-21(7-11-25)8-12-27-13-9-21/h3-5,14,16H,6-13H2,1-2H3,(H,22,26)/t16-/m1/s1. The Hall–Kier alpha value is -2.41. The summed E-state index contributed by atoms with van der Waals surface area (Å²) in [5, 5.41) is 7.06. The molecule has 2 amide bonds. The van der Waals surface area contributed by atoms with E-state index in [2.05, 4.69) is 15.5 Å². The normalized spacial score (nSPS) is 20.1. The minimum atomic E-state index is -0.336. The fourth-order valence-electron chi connectivity index (χ4n) is 4.14. The first-order valence-corrected chi connectivity index (χ1v) is 10.1. The molecular weight excluding hydrogens is 356 g/mol. The molecule has 1 atom stereocenters. The average Bonchev–Trinajstić information content (AvgIpc) is 3.20. The molecule has 1 N–H and O–H groups in total. The van der Waals surface area contributed by atoms with E-state index in [4.69, 9.17) is 9.26 Å². The summed E-state index contributed by atoms with van der Waals surface area (Å²) in [6, 6.07) is 7.55. The first-order valence-electron chi connectivity index (χ1n) is 10.1. The Morgan fingerprint density at radius 2 is 1.96 bits per heavy atom. The van der Waals surface area contributed by atoms with Crippen molar-refractivity contribution in [3.63, 3.8) is 0 Å². The predicted molar refractivity (Wildman–Crippen MR) is 105 cm³/mol. The third-order valence-corrected chi connectivity index (χ3v) is 6.09. The van der Waals surface area contributed by atoms with Gasteiger partial charge in [0.25, 0.3) is 0 Å². The maximum absolute atomic E-state index is 12.7. The number of benzene rings is 1. The lowest BCUT2D eigenvalue weighted by Gasteiger charge is -2.44. The Balaban J connectivity index is 1.34. The zero-order chi connectivity index (χ0) is 19.6. The number of amides is 2. The van der Waals surface area contributed by atoms with Gasteiger partial charge in [0.1, 0.15) is 6.04 Å². The van der Waals surface area contributed by atoms with Crippen LogP contribution in [0.15, 0.2) is 28.8 Å². The minimum Gasteiger partial charge on any atom is -0.381 e. The van der Waals surface area contributed by atoms with Crippen LogP contribution in [0, 0.1) is 12.3 Å². The number of carbonyl (C=O) groups excluding carboxylic acids is 1. The molecule has 28 heavy (non-hydrogen) atoms. The van der Waals surface area contributed by atoms with Gasteiger partial charge in [0, 0.05) is 31.9 Å². The molecule has 2 fully saturated rings. The van der Waals surface area contributed by atoms with Crippen molar-refractivity contribution in [2.75, 3.05) is 26.3 Å². The number of nitrogens with zero attached hydrogens (tertiary/aromatic N) is 3. The summed E-state index contributed by atoms with van der Waals surface area (Å²) in [7, 11) is 0. The van der Waals surface area contributed by atoms with Crippen LogP contribution < -0.4 is 5.32 Å². The molecule has 0 radical (unpaired) electrons. The van der Waals surface area contributed by atoms with Crippen LogP contribution in [0.2, 0.25) is 0 Å². The highest BCUT2D eigenvalue weighted by molar-refractivity contribution is 5.74. The molecule has 1 aromatic heterocycles. The first kappa shape index (κ1) is 18.9. The fourth-order valence-corrected chi connectivity index (χ4v) is 4.14. The lowest BCUT2D eigenvalue weighted by Crippen LogP contribution is -2.49. The van der Waals surface area contributed by atoms with Gasteiger partial charge in [0.05, 0.1) is 0 Å². The van der Waals surface area contributed by atoms with Crippen LogP contribution in [0.25, 0.3) is 11.4 Å². The highest BCUT2D eigenvalue weighted by Crippen LogP contribution is 2.40. The van der Waals surface area contributed by atoms with Gasteiger partial charge in [-0.25, -0.2) is 4.79 Å². The largest absolute Gasteiger partial charge is 0.381 e. The van der Waals surface area contributed by atoms with Gasteiger partial charge in [-0.05, 0) is 51.0 Å². The average molecular weight is 384 g/mol. The quantitative estimate of drug-likeness (QED) is 0.873. The van der Waals surface area contributed by atoms with E-state index in [1.807, 2.05) is 43.0 Å². The highest BCUT2D eigenvalue weighted by atomic mass is 16.5. The van der Waals surface area contributed by atoms with Gasteiger partial charge in [-0.2, -0.15) is 4.98 Å². The maximum atomic E-state index is 12.7. The maximum Gasteiger partial charge on any atom is 0.318 e. The van der Waals surface area contributed by atoms with Crippen LogP contribution in [-0.4, -0.2) is 47.4 Å². The molecule has 2 aliphatic rings. The van der Waals surface area contributed by atoms with Gasteiger partial charge in [-0.15, -0.1) is 0 Å². The number of hydrogen-bond acceptors (Lipinski definition) is 5. The molecule has 0 bridgehead atoms. The molecular formula is C21H28N4O3. The molecule has 3 heterocycles. The summed E-state index contributed by atoms with van der Waals surface area (Å²) in [6.45, 7) is 7.17. The zero-order valence-electron chi connectivity index (χ0n) is 16.6. The molecule has 0 saturated carbocycles. The van der Waals surface area contributed by atoms with Crippen molar-refractivity contribution in [2.24, 2.45) is 5.41 Å². The van der Waals surface area contributed by atoms with Crippen LogP contribution in [-0.2, 0) is 4.74 Å². The second kappa shape index (κ2) is 7.91. The molecule has 7 heteroatoms. The SMILES string of the molecule is Cc1cccc(-c2noc([C@@H](C)NC(=O)N3CCC4(CCOCC4)CC3)n2)c1. The third-order valence-electron chi connectivity index (χ3n) is 6.09. The first-order chi connectivity index (χ1) is 13.5. The van der Waals surface area contributed by atoms with Crippen LogP contribution >= 0.6 is 0 Å². The Morgan fingerprint density at radius 3 is 2.68 bits per heavy atom. The Morgan fingerprint density at radius 1 is 1.21 bits per heavy atom. The van der Waals surface area contributed by atoms with Gasteiger partial charge in [0.15, 0.2) is 0 Å². The number of urea groups is 1. The van der Waals surface area contributed by atoms with Crippen molar-refractivity contribution in [2.45, 2.75) is 45.6 Å². The summed E-state index contributed by atoms with van der Waals surface area (Å²) in [6.07, 6.45) is 4.33. The molecule has 0 unspecified atom stereocenters. The number of carbonyl (C=O) groups is 1. The lowest BCUT2D eigenvalue weighted by atomic mass is 9.72. The fraction of sp³-hybridized carbons (Fsp3) is 0.571. The van der Waals surface area contributed by atoms with Gasteiger partial charge in [0.2, 0.25) is 11.7 Å². The van der Waals surface area contributed by atoms with E-state index < -0.39 is 0 Å². The Labute approximate surface area is 165 Å². The molecule has 7 nitrogen and oxygen atoms in total. The second-order valence-corrected chi connectivity index (χ2v) is 8.10. The summed E-state index contributed by atoms with van der Waals surface area (Å²) in [5.41, 5.74) is 2.42. The topological polar surface area (TPSA) is 80.5 Å². The number of hydrogen-bond donors (Lipinski definition) is 1. The molecule has 4 rings (SSSR count). The number of nitrogens with one attached hydrogen (secondary N) is 1. The van der Waals surface area contributed by atoms with Crippen molar-refractivity contribution >= 4 is 6.03 Å². The number of likely N-dealkylation sites (tertiary alicyclic amines) is 1. The smallest absolute Gasteiger partial charge is 0.318 e. The molecule has 2 aliphatic heterocycles. The molecule has 2 saturated heterocycles. The second-order valence-electron chi connectivity index (χ2n) is 8.10. The summed E-state index contributed by atoms with van der Waals surface area (Å²) < 4.78 is 10.9. The molecule has 150 valence electrons. The number of aromatic nitrogens is 2. The monoisotopic (exact) mass is 384 g/mol. The van der Waals surface area contributed by atoms with Crippen molar-refractivity contribution in [1.82, 2.24) is 20.4 Å². The van der Waals surface area contributed by atoms with Crippen molar-refractivity contribution in [3.05, 3.63) is 35.7 Å². The lowest BCUT2D eigenvalue weighted by molar-refractivity contribution is -0.0146. The molecule has 1 spiro atoms. The Kier molecular flexibility index (Phi) is 5.35. The van der Waals surface area contributed by atoms with E-state index >= 15 is 0 Å². The number of ether oxygens (including phenoxy) is 1. The zero-order valence-corrected chi connectivity index (χ0v) is 16.6. The van der Waals surface area contributed by atoms with E-state index in [9.17, 15) is 4.79 Å². The molecule has 2 aromatic rings. The van der Waals surface area contributed by atoms with Gasteiger partial charge < -0.3 is 19.5 Å². The van der Waals surface area contributed by atoms with Crippen molar-refractivity contribution in [3.8, 4) is 11.4 Å². The summed E-state index contributed by atoms with van der Waals surface area (Å²) >= 11 is 0. The van der Waals surface area contributed by atoms with Crippen molar-refractivity contribution < 1.29 is 14.1 Å². The van der Waals surface area contributed by atoms with Crippen LogP contribution in [0.3, 0.4) is 0 Å². The highest BCUT2D eigenvalue weighted by Gasteiger charge is 2.37. The van der Waals surface area contributed by atoms with Gasteiger partial charge in [-0.3, -0.25) is 0 Å². The van der Waals surface area contributed by atoms with Crippen molar-refractivity contribution in [1.29, 1.82) is 0 Å². The Bertz CT molecular complexity index is 819. The summed E-state index contributed by atoms with van der Waals surface area (Å²) in [4.78, 5) is 19.0. The number of aryl methyl sites for hydroxylation is 1. The van der Waals surface area contributed by atoms with Gasteiger partial charge in [-0.1, -0.05) is 28.9 Å². The predicted octanol–water partition coefficient (Wildman–Crippen LogP) is 3.71. The van der Waals surface area contributed by atoms with E-state index in [-0.39, 0.29) is 12.1 Å². The molecule has 0 aliphatic carbocycles. The van der Waals surface area contributed by atoms with E-state index in [0.29, 0.717) is 17.1 Å². The minimum absolute atomic E-state index is 0.0651. The summed E-state index contributed by atoms with van der Waals surface area (Å²) in [5.74, 6) is 0.960. The third kappa shape index (κ3) is 4.04. The number of piperidine rings is 1. The van der Waals surface area contributed by atoms with Crippen LogP contribution in [0.1, 0.15) is 50.1 Å². The van der Waals surface area contributed by atoms with Crippen LogP contribution in [0.4, 0.5) is 4.79 Å².